The van der Waals surface area contributed by atoms with Gasteiger partial charge in [0.15, 0.2) is 0 Å². The van der Waals surface area contributed by atoms with Gasteiger partial charge in [0, 0.05) is 5.02 Å². The van der Waals surface area contributed by atoms with Gasteiger partial charge in [-0.05, 0) is 48.4 Å². The van der Waals surface area contributed by atoms with E-state index in [0.29, 0.717) is 5.41 Å². The normalized spacial score (nSPS) is 19.2. The maximum absolute atomic E-state index is 5.89. The lowest BCUT2D eigenvalue weighted by molar-refractivity contribution is 0.779. The summed E-state index contributed by atoms with van der Waals surface area (Å²) in [5, 5.41) is 0.848. The van der Waals surface area contributed by atoms with E-state index in [1.807, 2.05) is 6.07 Å². The average Bonchev–Trinajstić information content (AvgIpc) is 2.68. The monoisotopic (exact) mass is 180 g/mol. The van der Waals surface area contributed by atoms with Crippen molar-refractivity contribution in [3.8, 4) is 0 Å². The van der Waals surface area contributed by atoms with Crippen molar-refractivity contribution in [3.05, 3.63) is 34.3 Å². The number of hydrogen-bond acceptors (Lipinski definition) is 0. The van der Waals surface area contributed by atoms with Crippen LogP contribution in [0.15, 0.2) is 18.2 Å². The minimum Gasteiger partial charge on any atom is -0.0843 e. The molecule has 0 aliphatic heterocycles. The van der Waals surface area contributed by atoms with Crippen LogP contribution in [0.2, 0.25) is 5.02 Å². The molecule has 0 nitrogen and oxygen atoms in total. The second kappa shape index (κ2) is 2.50. The summed E-state index contributed by atoms with van der Waals surface area (Å²) < 4.78 is 0. The van der Waals surface area contributed by atoms with E-state index in [2.05, 4.69) is 26.0 Å². The highest BCUT2D eigenvalue weighted by Crippen LogP contribution is 2.48. The highest BCUT2D eigenvalue weighted by atomic mass is 35.5. The number of aryl methyl sites for hydroxylation is 1. The molecule has 1 heteroatoms. The molecule has 1 saturated carbocycles. The molecule has 0 aromatic heterocycles. The van der Waals surface area contributed by atoms with Gasteiger partial charge in [-0.1, -0.05) is 24.6 Å². The van der Waals surface area contributed by atoms with Gasteiger partial charge in [-0.25, -0.2) is 0 Å². The van der Waals surface area contributed by atoms with Crippen LogP contribution in [0.3, 0.4) is 0 Å². The molecule has 1 aromatic rings. The summed E-state index contributed by atoms with van der Waals surface area (Å²) in [6.07, 6.45) is 2.66. The summed E-state index contributed by atoms with van der Waals surface area (Å²) in [4.78, 5) is 0. The van der Waals surface area contributed by atoms with Crippen LogP contribution in [0.4, 0.5) is 0 Å². The van der Waals surface area contributed by atoms with E-state index in [1.54, 1.807) is 0 Å². The number of hydrogen-bond donors (Lipinski definition) is 0. The molecule has 0 saturated heterocycles. The van der Waals surface area contributed by atoms with Crippen molar-refractivity contribution in [1.82, 2.24) is 0 Å². The Kier molecular flexibility index (Phi) is 1.69. The highest BCUT2D eigenvalue weighted by Gasteiger charge is 2.39. The van der Waals surface area contributed by atoms with Gasteiger partial charge < -0.3 is 0 Å². The van der Waals surface area contributed by atoms with Crippen LogP contribution in [0.5, 0.6) is 0 Å². The minimum atomic E-state index is 0.467. The number of halogens is 1. The van der Waals surface area contributed by atoms with Crippen LogP contribution >= 0.6 is 11.6 Å². The highest BCUT2D eigenvalue weighted by molar-refractivity contribution is 6.30. The number of rotatable bonds is 1. The van der Waals surface area contributed by atoms with Crippen LogP contribution < -0.4 is 0 Å². The Hall–Kier alpha value is -0.490. The zero-order valence-corrected chi connectivity index (χ0v) is 8.28. The summed E-state index contributed by atoms with van der Waals surface area (Å²) in [6.45, 7) is 4.47. The quantitative estimate of drug-likeness (QED) is 0.618. The molecule has 0 unspecified atom stereocenters. The van der Waals surface area contributed by atoms with Gasteiger partial charge >= 0.3 is 0 Å². The van der Waals surface area contributed by atoms with Gasteiger partial charge in [0.2, 0.25) is 0 Å². The molecule has 0 N–H and O–H groups in total. The maximum atomic E-state index is 5.89. The summed E-state index contributed by atoms with van der Waals surface area (Å²) >= 11 is 5.89. The van der Waals surface area contributed by atoms with E-state index in [-0.39, 0.29) is 0 Å². The molecule has 0 heterocycles. The molecule has 1 aliphatic rings. The third kappa shape index (κ3) is 1.25. The standard InChI is InChI=1S/C11H13Cl/c1-8-7-9(12)3-4-10(8)11(2)5-6-11/h3-4,7H,5-6H2,1-2H3. The largest absolute Gasteiger partial charge is 0.0843 e. The Bertz CT molecular complexity index is 311. The molecule has 0 bridgehead atoms. The third-order valence-electron chi connectivity index (χ3n) is 2.84. The molecule has 1 aromatic carbocycles. The summed E-state index contributed by atoms with van der Waals surface area (Å²) in [5.74, 6) is 0. The predicted octanol–water partition coefficient (Wildman–Crippen LogP) is 3.70. The molecule has 0 spiro atoms. The molecule has 64 valence electrons. The Morgan fingerprint density at radius 1 is 1.33 bits per heavy atom. The zero-order chi connectivity index (χ0) is 8.77. The maximum Gasteiger partial charge on any atom is 0.0408 e. The molecule has 0 atom stereocenters. The Morgan fingerprint density at radius 2 is 2.00 bits per heavy atom. The second-order valence-electron chi connectivity index (χ2n) is 4.02. The lowest BCUT2D eigenvalue weighted by atomic mass is 9.94. The topological polar surface area (TPSA) is 0 Å². The Balaban J connectivity index is 2.45. The van der Waals surface area contributed by atoms with Crippen molar-refractivity contribution in [2.75, 3.05) is 0 Å². The lowest BCUT2D eigenvalue weighted by Gasteiger charge is -2.12. The molecule has 12 heavy (non-hydrogen) atoms. The van der Waals surface area contributed by atoms with Gasteiger partial charge in [0.1, 0.15) is 0 Å². The summed E-state index contributed by atoms with van der Waals surface area (Å²) in [7, 11) is 0. The fraction of sp³-hybridized carbons (Fsp3) is 0.455. The van der Waals surface area contributed by atoms with Gasteiger partial charge in [0.05, 0.1) is 0 Å². The SMILES string of the molecule is Cc1cc(Cl)ccc1C1(C)CC1. The third-order valence-corrected chi connectivity index (χ3v) is 3.07. The molecule has 2 rings (SSSR count). The minimum absolute atomic E-state index is 0.467. The van der Waals surface area contributed by atoms with Gasteiger partial charge in [-0.3, -0.25) is 0 Å². The number of benzene rings is 1. The van der Waals surface area contributed by atoms with E-state index in [0.717, 1.165) is 5.02 Å². The van der Waals surface area contributed by atoms with Crippen LogP contribution in [0.25, 0.3) is 0 Å². The molecule has 1 aliphatic carbocycles. The predicted molar refractivity (Wildman–Crippen MR) is 52.8 cm³/mol. The van der Waals surface area contributed by atoms with Crippen molar-refractivity contribution in [2.45, 2.75) is 32.1 Å². The van der Waals surface area contributed by atoms with Crippen molar-refractivity contribution in [3.63, 3.8) is 0 Å². The first-order valence-corrected chi connectivity index (χ1v) is 4.76. The van der Waals surface area contributed by atoms with Crippen molar-refractivity contribution in [1.29, 1.82) is 0 Å². The van der Waals surface area contributed by atoms with Crippen molar-refractivity contribution >= 4 is 11.6 Å². The fourth-order valence-electron chi connectivity index (χ4n) is 1.76. The van der Waals surface area contributed by atoms with Crippen molar-refractivity contribution < 1.29 is 0 Å². The zero-order valence-electron chi connectivity index (χ0n) is 7.52. The second-order valence-corrected chi connectivity index (χ2v) is 4.46. The van der Waals surface area contributed by atoms with E-state index in [9.17, 15) is 0 Å². The van der Waals surface area contributed by atoms with E-state index in [4.69, 9.17) is 11.6 Å². The van der Waals surface area contributed by atoms with E-state index in [1.165, 1.54) is 24.0 Å². The Morgan fingerprint density at radius 3 is 2.50 bits per heavy atom. The van der Waals surface area contributed by atoms with Gasteiger partial charge in [-0.15, -0.1) is 0 Å². The van der Waals surface area contributed by atoms with Crippen LogP contribution in [0, 0.1) is 6.92 Å². The average molecular weight is 181 g/mol. The van der Waals surface area contributed by atoms with E-state index >= 15 is 0 Å². The molecule has 0 amide bonds. The molecular formula is C11H13Cl. The van der Waals surface area contributed by atoms with Crippen LogP contribution in [-0.4, -0.2) is 0 Å². The van der Waals surface area contributed by atoms with Crippen molar-refractivity contribution in [2.24, 2.45) is 0 Å². The smallest absolute Gasteiger partial charge is 0.0408 e. The van der Waals surface area contributed by atoms with Crippen LogP contribution in [-0.2, 0) is 5.41 Å². The fourth-order valence-corrected chi connectivity index (χ4v) is 1.99. The molecule has 0 radical (unpaired) electrons. The first-order valence-electron chi connectivity index (χ1n) is 4.38. The van der Waals surface area contributed by atoms with Crippen LogP contribution in [0.1, 0.15) is 30.9 Å². The summed E-state index contributed by atoms with van der Waals surface area (Å²) in [6, 6.07) is 6.22. The summed E-state index contributed by atoms with van der Waals surface area (Å²) in [5.41, 5.74) is 3.28. The molecular weight excluding hydrogens is 168 g/mol. The first kappa shape index (κ1) is 8.12. The first-order chi connectivity index (χ1) is 5.62. The Labute approximate surface area is 78.6 Å². The van der Waals surface area contributed by atoms with Gasteiger partial charge in [0.25, 0.3) is 0 Å². The van der Waals surface area contributed by atoms with E-state index < -0.39 is 0 Å². The van der Waals surface area contributed by atoms with Gasteiger partial charge in [-0.2, -0.15) is 0 Å². The molecule has 1 fully saturated rings. The lowest BCUT2D eigenvalue weighted by Crippen LogP contribution is -2.01.